The Labute approximate surface area is 152 Å². The summed E-state index contributed by atoms with van der Waals surface area (Å²) >= 11 is 1.57. The lowest BCUT2D eigenvalue weighted by Gasteiger charge is -2.22. The normalized spacial score (nSPS) is 15.9. The predicted molar refractivity (Wildman–Crippen MR) is 98.9 cm³/mol. The third-order valence-corrected chi connectivity index (χ3v) is 5.56. The summed E-state index contributed by atoms with van der Waals surface area (Å²) in [5.74, 6) is 0.793. The van der Waals surface area contributed by atoms with E-state index in [-0.39, 0.29) is 5.91 Å². The Bertz CT molecular complexity index is 706. The number of carbonyl (C=O) groups excluding carboxylic acids is 1. The Balaban J connectivity index is 1.48. The van der Waals surface area contributed by atoms with Gasteiger partial charge in [0.25, 0.3) is 0 Å². The fourth-order valence-electron chi connectivity index (χ4n) is 3.10. The molecule has 1 aromatic carbocycles. The molecule has 2 aromatic rings. The number of hydrogen-bond donors (Lipinski definition) is 2. The van der Waals surface area contributed by atoms with Gasteiger partial charge in [0.05, 0.1) is 23.4 Å². The van der Waals surface area contributed by atoms with Gasteiger partial charge in [0, 0.05) is 30.3 Å². The fourth-order valence-corrected chi connectivity index (χ4v) is 3.91. The van der Waals surface area contributed by atoms with Crippen LogP contribution in [0.3, 0.4) is 0 Å². The number of carbonyl (C=O) groups is 1. The standard InChI is InChI=1S/C19H24N2O3S/c1-24-15-6-4-14(5-7-15)16-12-25-18(21-16)9-8-17(22)20-13-19(23)10-2-3-11-19/h4-7,12,23H,2-3,8-11,13H2,1H3,(H,20,22). The van der Waals surface area contributed by atoms with Crippen molar-refractivity contribution in [3.63, 3.8) is 0 Å². The van der Waals surface area contributed by atoms with Gasteiger partial charge in [0.2, 0.25) is 5.91 Å². The van der Waals surface area contributed by atoms with Crippen molar-refractivity contribution in [2.45, 2.75) is 44.1 Å². The maximum Gasteiger partial charge on any atom is 0.220 e. The number of benzene rings is 1. The summed E-state index contributed by atoms with van der Waals surface area (Å²) in [5.41, 5.74) is 1.26. The molecule has 6 heteroatoms. The quantitative estimate of drug-likeness (QED) is 0.795. The van der Waals surface area contributed by atoms with E-state index in [0.717, 1.165) is 47.7 Å². The third-order valence-electron chi connectivity index (χ3n) is 4.65. The molecule has 2 N–H and O–H groups in total. The second-order valence-electron chi connectivity index (χ2n) is 6.56. The zero-order valence-corrected chi connectivity index (χ0v) is 15.3. The van der Waals surface area contributed by atoms with Gasteiger partial charge >= 0.3 is 0 Å². The van der Waals surface area contributed by atoms with Crippen molar-refractivity contribution < 1.29 is 14.6 Å². The van der Waals surface area contributed by atoms with Gasteiger partial charge in [-0.05, 0) is 37.1 Å². The van der Waals surface area contributed by atoms with E-state index in [1.165, 1.54) is 0 Å². The van der Waals surface area contributed by atoms with E-state index in [1.54, 1.807) is 18.4 Å². The average molecular weight is 360 g/mol. The Kier molecular flexibility index (Phi) is 5.71. The molecule has 1 aromatic heterocycles. The van der Waals surface area contributed by atoms with Crippen LogP contribution >= 0.6 is 11.3 Å². The Hall–Kier alpha value is -1.92. The van der Waals surface area contributed by atoms with Crippen molar-refractivity contribution in [3.8, 4) is 17.0 Å². The van der Waals surface area contributed by atoms with Gasteiger partial charge in [-0.2, -0.15) is 0 Å². The minimum absolute atomic E-state index is 0.0264. The number of ether oxygens (including phenoxy) is 1. The first kappa shape index (κ1) is 17.9. The van der Waals surface area contributed by atoms with E-state index in [2.05, 4.69) is 10.3 Å². The SMILES string of the molecule is COc1ccc(-c2csc(CCC(=O)NCC3(O)CCCC3)n2)cc1. The molecular weight excluding hydrogens is 336 g/mol. The summed E-state index contributed by atoms with van der Waals surface area (Å²) in [7, 11) is 1.65. The van der Waals surface area contributed by atoms with Crippen LogP contribution in [0.5, 0.6) is 5.75 Å². The highest BCUT2D eigenvalue weighted by atomic mass is 32.1. The lowest BCUT2D eigenvalue weighted by atomic mass is 10.0. The average Bonchev–Trinajstić information content (AvgIpc) is 3.28. The summed E-state index contributed by atoms with van der Waals surface area (Å²) in [4.78, 5) is 16.6. The van der Waals surface area contributed by atoms with E-state index in [4.69, 9.17) is 4.74 Å². The molecule has 1 aliphatic carbocycles. The molecule has 1 saturated carbocycles. The molecule has 0 aliphatic heterocycles. The number of aromatic nitrogens is 1. The van der Waals surface area contributed by atoms with Gasteiger partial charge in [0.15, 0.2) is 0 Å². The van der Waals surface area contributed by atoms with Crippen molar-refractivity contribution in [3.05, 3.63) is 34.7 Å². The molecular formula is C19H24N2O3S. The molecule has 0 saturated heterocycles. The van der Waals surface area contributed by atoms with Gasteiger partial charge in [-0.1, -0.05) is 12.8 Å². The molecule has 0 atom stereocenters. The monoisotopic (exact) mass is 360 g/mol. The van der Waals surface area contributed by atoms with Crippen LogP contribution in [0.4, 0.5) is 0 Å². The molecule has 5 nitrogen and oxygen atoms in total. The van der Waals surface area contributed by atoms with Crippen molar-refractivity contribution in [1.29, 1.82) is 0 Å². The van der Waals surface area contributed by atoms with Gasteiger partial charge in [-0.25, -0.2) is 4.98 Å². The molecule has 0 bridgehead atoms. The molecule has 1 aliphatic rings. The van der Waals surface area contributed by atoms with E-state index in [0.29, 0.717) is 19.4 Å². The summed E-state index contributed by atoms with van der Waals surface area (Å²) in [6.07, 6.45) is 4.66. The fraction of sp³-hybridized carbons (Fsp3) is 0.474. The highest BCUT2D eigenvalue weighted by molar-refractivity contribution is 7.09. The molecule has 0 spiro atoms. The van der Waals surface area contributed by atoms with Crippen LogP contribution < -0.4 is 10.1 Å². The highest BCUT2D eigenvalue weighted by Crippen LogP contribution is 2.28. The Morgan fingerprint density at radius 2 is 2.04 bits per heavy atom. The lowest BCUT2D eigenvalue weighted by Crippen LogP contribution is -2.40. The smallest absolute Gasteiger partial charge is 0.220 e. The van der Waals surface area contributed by atoms with Crippen molar-refractivity contribution in [2.24, 2.45) is 0 Å². The Morgan fingerprint density at radius 3 is 2.72 bits per heavy atom. The van der Waals surface area contributed by atoms with Gasteiger partial charge in [-0.15, -0.1) is 11.3 Å². The van der Waals surface area contributed by atoms with Crippen LogP contribution in [0, 0.1) is 0 Å². The van der Waals surface area contributed by atoms with Gasteiger partial charge in [0.1, 0.15) is 5.75 Å². The molecule has 1 fully saturated rings. The van der Waals surface area contributed by atoms with E-state index in [1.807, 2.05) is 29.6 Å². The number of aryl methyl sites for hydroxylation is 1. The minimum Gasteiger partial charge on any atom is -0.497 e. The van der Waals surface area contributed by atoms with E-state index in [9.17, 15) is 9.90 Å². The predicted octanol–water partition coefficient (Wildman–Crippen LogP) is 3.17. The highest BCUT2D eigenvalue weighted by Gasteiger charge is 2.31. The van der Waals surface area contributed by atoms with E-state index < -0.39 is 5.60 Å². The van der Waals surface area contributed by atoms with Crippen LogP contribution in [0.2, 0.25) is 0 Å². The topological polar surface area (TPSA) is 71.5 Å². The maximum atomic E-state index is 12.0. The number of amides is 1. The molecule has 0 radical (unpaired) electrons. The van der Waals surface area contributed by atoms with Crippen LogP contribution in [0.15, 0.2) is 29.6 Å². The number of hydrogen-bond acceptors (Lipinski definition) is 5. The summed E-state index contributed by atoms with van der Waals surface area (Å²) in [6, 6.07) is 7.78. The first-order valence-corrected chi connectivity index (χ1v) is 9.54. The first-order valence-electron chi connectivity index (χ1n) is 8.66. The number of aliphatic hydroxyl groups is 1. The largest absolute Gasteiger partial charge is 0.497 e. The van der Waals surface area contributed by atoms with Gasteiger partial charge in [-0.3, -0.25) is 4.79 Å². The maximum absolute atomic E-state index is 12.0. The zero-order valence-electron chi connectivity index (χ0n) is 14.5. The van der Waals surface area contributed by atoms with Crippen molar-refractivity contribution >= 4 is 17.2 Å². The number of rotatable bonds is 7. The summed E-state index contributed by atoms with van der Waals surface area (Å²) in [6.45, 7) is 0.362. The van der Waals surface area contributed by atoms with Crippen molar-refractivity contribution in [2.75, 3.05) is 13.7 Å². The summed E-state index contributed by atoms with van der Waals surface area (Å²) < 4.78 is 5.16. The van der Waals surface area contributed by atoms with Crippen LogP contribution in [-0.4, -0.2) is 35.3 Å². The lowest BCUT2D eigenvalue weighted by molar-refractivity contribution is -0.122. The van der Waals surface area contributed by atoms with Crippen LogP contribution in [0.25, 0.3) is 11.3 Å². The number of thiazole rings is 1. The van der Waals surface area contributed by atoms with Crippen LogP contribution in [0.1, 0.15) is 37.1 Å². The first-order chi connectivity index (χ1) is 12.1. The molecule has 1 heterocycles. The minimum atomic E-state index is -0.696. The molecule has 134 valence electrons. The van der Waals surface area contributed by atoms with Crippen LogP contribution in [-0.2, 0) is 11.2 Å². The summed E-state index contributed by atoms with van der Waals surface area (Å²) in [5, 5.41) is 16.1. The molecule has 0 unspecified atom stereocenters. The second kappa shape index (κ2) is 7.97. The Morgan fingerprint density at radius 1 is 1.32 bits per heavy atom. The second-order valence-corrected chi connectivity index (χ2v) is 7.51. The third kappa shape index (κ3) is 4.80. The number of nitrogens with zero attached hydrogens (tertiary/aromatic N) is 1. The molecule has 3 rings (SSSR count). The van der Waals surface area contributed by atoms with E-state index >= 15 is 0 Å². The van der Waals surface area contributed by atoms with Crippen molar-refractivity contribution in [1.82, 2.24) is 10.3 Å². The zero-order chi connectivity index (χ0) is 17.7. The van der Waals surface area contributed by atoms with Gasteiger partial charge < -0.3 is 15.2 Å². The number of nitrogens with one attached hydrogen (secondary N) is 1. The molecule has 25 heavy (non-hydrogen) atoms. The molecule has 1 amide bonds. The number of methoxy groups -OCH3 is 1.